The number of carbonyl (C=O) groups excluding carboxylic acids is 1. The first-order valence-corrected chi connectivity index (χ1v) is 12.6. The number of benzene rings is 2. The number of carbonyl (C=O) groups is 1. The zero-order valence-electron chi connectivity index (χ0n) is 19.3. The van der Waals surface area contributed by atoms with Gasteiger partial charge in [-0.05, 0) is 61.2 Å². The van der Waals surface area contributed by atoms with Gasteiger partial charge in [0.2, 0.25) is 0 Å². The van der Waals surface area contributed by atoms with Crippen molar-refractivity contribution in [3.8, 4) is 0 Å². The molecule has 0 N–H and O–H groups in total. The zero-order chi connectivity index (χ0) is 23.7. The smallest absolute Gasteiger partial charge is 0.253 e. The molecule has 3 aromatic rings. The third-order valence-corrected chi connectivity index (χ3v) is 8.05. The fourth-order valence-electron chi connectivity index (χ4n) is 5.43. The number of hydrogen-bond acceptors (Lipinski definition) is 4. The maximum atomic E-state index is 13.1. The number of piperidine rings is 1. The molecule has 0 radical (unpaired) electrons. The van der Waals surface area contributed by atoms with Crippen LogP contribution < -0.4 is 0 Å². The summed E-state index contributed by atoms with van der Waals surface area (Å²) in [6.45, 7) is 3.48. The molecule has 7 heteroatoms. The third kappa shape index (κ3) is 4.94. The van der Waals surface area contributed by atoms with Crippen molar-refractivity contribution in [2.45, 2.75) is 31.4 Å². The molecule has 2 fully saturated rings. The molecule has 2 aromatic carbocycles. The van der Waals surface area contributed by atoms with Crippen LogP contribution in [0.2, 0.25) is 10.0 Å². The van der Waals surface area contributed by atoms with Crippen LogP contribution in [0.1, 0.15) is 28.8 Å². The van der Waals surface area contributed by atoms with E-state index >= 15 is 0 Å². The predicted molar refractivity (Wildman–Crippen MR) is 137 cm³/mol. The molecule has 0 saturated carbocycles. The van der Waals surface area contributed by atoms with Crippen LogP contribution in [0.25, 0.3) is 10.9 Å². The van der Waals surface area contributed by atoms with E-state index < -0.39 is 0 Å². The molecule has 1 aromatic heterocycles. The molecule has 5 nitrogen and oxygen atoms in total. The zero-order valence-corrected chi connectivity index (χ0v) is 20.8. The lowest BCUT2D eigenvalue weighted by atomic mass is 9.96. The van der Waals surface area contributed by atoms with E-state index in [-0.39, 0.29) is 12.0 Å². The Balaban J connectivity index is 1.19. The molecule has 2 atom stereocenters. The standard InChI is InChI=1S/C27H29Cl2N3O2/c1-34-26-17-32(16-21(26)13-18-4-6-23(28)24(29)14-18)22-8-11-31(12-9-22)27(33)20-5-7-25-19(15-20)3-2-10-30-25/h2-7,10,14-15,21-22,26H,8-9,11-13,16-17H2,1H3/t21?,26-/m1/s1. The predicted octanol–water partition coefficient (Wildman–Crippen LogP) is 5.34. The highest BCUT2D eigenvalue weighted by Gasteiger charge is 2.37. The van der Waals surface area contributed by atoms with Crippen molar-refractivity contribution in [3.63, 3.8) is 0 Å². The van der Waals surface area contributed by atoms with Crippen molar-refractivity contribution in [2.75, 3.05) is 33.3 Å². The minimum absolute atomic E-state index is 0.109. The molecule has 5 rings (SSSR count). The lowest BCUT2D eigenvalue weighted by molar-refractivity contribution is 0.0585. The highest BCUT2D eigenvalue weighted by molar-refractivity contribution is 6.42. The number of nitrogens with zero attached hydrogens (tertiary/aromatic N) is 3. The molecule has 34 heavy (non-hydrogen) atoms. The average Bonchev–Trinajstić information content (AvgIpc) is 3.28. The summed E-state index contributed by atoms with van der Waals surface area (Å²) in [7, 11) is 1.80. The van der Waals surface area contributed by atoms with Crippen LogP contribution in [0, 0.1) is 5.92 Å². The number of halogens is 2. The van der Waals surface area contributed by atoms with E-state index in [1.807, 2.05) is 47.4 Å². The number of amides is 1. The van der Waals surface area contributed by atoms with Gasteiger partial charge in [0.15, 0.2) is 0 Å². The second-order valence-electron chi connectivity index (χ2n) is 9.37. The molecule has 2 aliphatic rings. The Hall–Kier alpha value is -2.18. The molecular weight excluding hydrogens is 469 g/mol. The summed E-state index contributed by atoms with van der Waals surface area (Å²) in [5, 5.41) is 2.19. The quantitative estimate of drug-likeness (QED) is 0.477. The molecule has 1 unspecified atom stereocenters. The highest BCUT2D eigenvalue weighted by atomic mass is 35.5. The second kappa shape index (κ2) is 10.2. The van der Waals surface area contributed by atoms with E-state index in [9.17, 15) is 4.79 Å². The van der Waals surface area contributed by atoms with E-state index in [4.69, 9.17) is 27.9 Å². The summed E-state index contributed by atoms with van der Waals surface area (Å²) in [4.78, 5) is 22.0. The normalized spacial score (nSPS) is 21.9. The van der Waals surface area contributed by atoms with Gasteiger partial charge in [-0.2, -0.15) is 0 Å². The average molecular weight is 498 g/mol. The summed E-state index contributed by atoms with van der Waals surface area (Å²) in [5.74, 6) is 0.519. The number of methoxy groups -OCH3 is 1. The Bertz CT molecular complexity index is 1180. The number of aromatic nitrogens is 1. The van der Waals surface area contributed by atoms with Gasteiger partial charge in [-0.15, -0.1) is 0 Å². The Morgan fingerprint density at radius 2 is 1.88 bits per heavy atom. The van der Waals surface area contributed by atoms with Crippen molar-refractivity contribution in [1.82, 2.24) is 14.8 Å². The van der Waals surface area contributed by atoms with E-state index in [1.54, 1.807) is 13.3 Å². The maximum Gasteiger partial charge on any atom is 0.253 e. The minimum Gasteiger partial charge on any atom is -0.380 e. The molecule has 0 aliphatic carbocycles. The molecule has 2 aliphatic heterocycles. The number of likely N-dealkylation sites (tertiary alicyclic amines) is 2. The molecule has 2 saturated heterocycles. The Morgan fingerprint density at radius 1 is 1.06 bits per heavy atom. The van der Waals surface area contributed by atoms with E-state index in [0.717, 1.165) is 61.9 Å². The lowest BCUT2D eigenvalue weighted by Gasteiger charge is -2.37. The fourth-order valence-corrected chi connectivity index (χ4v) is 5.75. The van der Waals surface area contributed by atoms with Crippen molar-refractivity contribution in [3.05, 3.63) is 75.9 Å². The van der Waals surface area contributed by atoms with Crippen molar-refractivity contribution in [1.29, 1.82) is 0 Å². The van der Waals surface area contributed by atoms with Crippen molar-refractivity contribution >= 4 is 40.0 Å². The molecule has 0 bridgehead atoms. The van der Waals surface area contributed by atoms with Gasteiger partial charge in [0, 0.05) is 62.4 Å². The first kappa shape index (κ1) is 23.6. The number of hydrogen-bond donors (Lipinski definition) is 0. The Kier molecular flexibility index (Phi) is 7.07. The van der Waals surface area contributed by atoms with Gasteiger partial charge >= 0.3 is 0 Å². The monoisotopic (exact) mass is 497 g/mol. The fraction of sp³-hybridized carbons (Fsp3) is 0.407. The Labute approximate surface area is 210 Å². The molecule has 0 spiro atoms. The molecule has 1 amide bonds. The minimum atomic E-state index is 0.109. The summed E-state index contributed by atoms with van der Waals surface area (Å²) >= 11 is 12.3. The summed E-state index contributed by atoms with van der Waals surface area (Å²) < 4.78 is 5.85. The molecule has 178 valence electrons. The van der Waals surface area contributed by atoms with Crippen LogP contribution in [0.4, 0.5) is 0 Å². The van der Waals surface area contributed by atoms with Gasteiger partial charge in [-0.25, -0.2) is 0 Å². The van der Waals surface area contributed by atoms with Gasteiger partial charge in [-0.1, -0.05) is 35.3 Å². The van der Waals surface area contributed by atoms with Crippen LogP contribution in [0.3, 0.4) is 0 Å². The number of pyridine rings is 1. The highest BCUT2D eigenvalue weighted by Crippen LogP contribution is 2.31. The van der Waals surface area contributed by atoms with Crippen LogP contribution in [-0.4, -0.2) is 66.1 Å². The first-order valence-electron chi connectivity index (χ1n) is 11.9. The summed E-state index contributed by atoms with van der Waals surface area (Å²) in [5.41, 5.74) is 2.84. The third-order valence-electron chi connectivity index (χ3n) is 7.31. The van der Waals surface area contributed by atoms with Crippen LogP contribution in [0.5, 0.6) is 0 Å². The van der Waals surface area contributed by atoms with E-state index in [2.05, 4.69) is 16.0 Å². The van der Waals surface area contributed by atoms with Crippen molar-refractivity contribution in [2.24, 2.45) is 5.92 Å². The van der Waals surface area contributed by atoms with Gasteiger partial charge in [0.25, 0.3) is 5.91 Å². The second-order valence-corrected chi connectivity index (χ2v) is 10.2. The van der Waals surface area contributed by atoms with Gasteiger partial charge < -0.3 is 9.64 Å². The number of rotatable bonds is 5. The summed E-state index contributed by atoms with van der Waals surface area (Å²) in [6.07, 6.45) is 4.85. The van der Waals surface area contributed by atoms with E-state index in [0.29, 0.717) is 22.0 Å². The largest absolute Gasteiger partial charge is 0.380 e. The van der Waals surface area contributed by atoms with Gasteiger partial charge in [-0.3, -0.25) is 14.7 Å². The van der Waals surface area contributed by atoms with Crippen LogP contribution >= 0.6 is 23.2 Å². The van der Waals surface area contributed by atoms with Crippen molar-refractivity contribution < 1.29 is 9.53 Å². The molecular formula is C27H29Cl2N3O2. The van der Waals surface area contributed by atoms with Crippen LogP contribution in [-0.2, 0) is 11.2 Å². The summed E-state index contributed by atoms with van der Waals surface area (Å²) in [6, 6.07) is 16.0. The molecule has 3 heterocycles. The Morgan fingerprint density at radius 3 is 2.65 bits per heavy atom. The SMILES string of the molecule is CO[C@@H]1CN(C2CCN(C(=O)c3ccc4ncccc4c3)CC2)CC1Cc1ccc(Cl)c(Cl)c1. The number of fused-ring (bicyclic) bond motifs is 1. The van der Waals surface area contributed by atoms with Crippen LogP contribution in [0.15, 0.2) is 54.7 Å². The lowest BCUT2D eigenvalue weighted by Crippen LogP contribution is -2.46. The maximum absolute atomic E-state index is 13.1. The topological polar surface area (TPSA) is 45.7 Å². The van der Waals surface area contributed by atoms with Gasteiger partial charge in [0.05, 0.1) is 21.7 Å². The van der Waals surface area contributed by atoms with Gasteiger partial charge in [0.1, 0.15) is 0 Å². The number of ether oxygens (including phenoxy) is 1. The first-order chi connectivity index (χ1) is 16.5. The van der Waals surface area contributed by atoms with E-state index in [1.165, 1.54) is 5.56 Å².